The minimum absolute atomic E-state index is 0.237. The van der Waals surface area contributed by atoms with E-state index in [9.17, 15) is 4.79 Å². The van der Waals surface area contributed by atoms with Crippen molar-refractivity contribution in [2.24, 2.45) is 0 Å². The molecule has 1 unspecified atom stereocenters. The molecule has 0 radical (unpaired) electrons. The quantitative estimate of drug-likeness (QED) is 0.699. The smallest absolute Gasteiger partial charge is 0.328 e. The van der Waals surface area contributed by atoms with E-state index in [0.717, 1.165) is 18.7 Å². The molecular weight excluding hydrogens is 204 g/mol. The molecule has 1 aromatic carbocycles. The Hall–Kier alpha value is -2.02. The number of carbonyl (C=O) groups excluding carboxylic acids is 1. The molecule has 82 valence electrons. The second-order valence-electron chi connectivity index (χ2n) is 3.65. The van der Waals surface area contributed by atoms with Crippen molar-refractivity contribution in [2.45, 2.75) is 12.5 Å². The highest BCUT2D eigenvalue weighted by Crippen LogP contribution is 2.29. The van der Waals surface area contributed by atoms with Gasteiger partial charge >= 0.3 is 5.97 Å². The third kappa shape index (κ3) is 1.61. The lowest BCUT2D eigenvalue weighted by atomic mass is 10.00. The summed E-state index contributed by atoms with van der Waals surface area (Å²) < 4.78 is 4.72. The Balaban J connectivity index is 2.26. The third-order valence-electron chi connectivity index (χ3n) is 2.83. The van der Waals surface area contributed by atoms with Gasteiger partial charge in [-0.25, -0.2) is 4.79 Å². The number of benzene rings is 1. The average molecular weight is 216 g/mol. The summed E-state index contributed by atoms with van der Waals surface area (Å²) in [5.74, 6) is -0.237. The van der Waals surface area contributed by atoms with Crippen molar-refractivity contribution in [2.75, 3.05) is 18.6 Å². The van der Waals surface area contributed by atoms with Gasteiger partial charge in [-0.05, 0) is 18.6 Å². The zero-order valence-electron chi connectivity index (χ0n) is 9.01. The predicted molar refractivity (Wildman–Crippen MR) is 58.9 cm³/mol. The van der Waals surface area contributed by atoms with Crippen LogP contribution in [0.2, 0.25) is 0 Å². The summed E-state index contributed by atoms with van der Waals surface area (Å²) in [5, 5.41) is 8.98. The number of nitrogens with zero attached hydrogens (tertiary/aromatic N) is 2. The van der Waals surface area contributed by atoms with E-state index in [1.54, 1.807) is 6.07 Å². The Kier molecular flexibility index (Phi) is 2.78. The zero-order chi connectivity index (χ0) is 11.5. The highest BCUT2D eigenvalue weighted by atomic mass is 16.5. The van der Waals surface area contributed by atoms with Crippen LogP contribution in [-0.4, -0.2) is 25.7 Å². The van der Waals surface area contributed by atoms with Crippen LogP contribution < -0.4 is 4.90 Å². The predicted octanol–water partition coefficient (Wildman–Crippen LogP) is 1.31. The SMILES string of the molecule is COC(=O)C1CCN1c1ccccc1C#N. The second kappa shape index (κ2) is 4.23. The molecule has 0 amide bonds. The fourth-order valence-corrected chi connectivity index (χ4v) is 1.88. The van der Waals surface area contributed by atoms with Crippen LogP contribution in [-0.2, 0) is 9.53 Å². The molecule has 1 aromatic rings. The molecule has 0 N–H and O–H groups in total. The molecule has 16 heavy (non-hydrogen) atoms. The molecule has 0 aliphatic carbocycles. The van der Waals surface area contributed by atoms with Gasteiger partial charge in [0.05, 0.1) is 18.4 Å². The van der Waals surface area contributed by atoms with Gasteiger partial charge in [-0.3, -0.25) is 0 Å². The van der Waals surface area contributed by atoms with E-state index in [-0.39, 0.29) is 12.0 Å². The van der Waals surface area contributed by atoms with E-state index in [1.165, 1.54) is 7.11 Å². The largest absolute Gasteiger partial charge is 0.467 e. The van der Waals surface area contributed by atoms with Gasteiger partial charge in [0.25, 0.3) is 0 Å². The number of methoxy groups -OCH3 is 1. The van der Waals surface area contributed by atoms with Crippen molar-refractivity contribution in [3.63, 3.8) is 0 Å². The second-order valence-corrected chi connectivity index (χ2v) is 3.65. The van der Waals surface area contributed by atoms with Gasteiger partial charge in [0, 0.05) is 6.54 Å². The lowest BCUT2D eigenvalue weighted by molar-refractivity contribution is -0.143. The number of para-hydroxylation sites is 1. The Bertz CT molecular complexity index is 451. The molecule has 2 rings (SSSR count). The van der Waals surface area contributed by atoms with Gasteiger partial charge in [-0.15, -0.1) is 0 Å². The first-order chi connectivity index (χ1) is 7.77. The van der Waals surface area contributed by atoms with Crippen LogP contribution in [0.1, 0.15) is 12.0 Å². The monoisotopic (exact) mass is 216 g/mol. The lowest BCUT2D eigenvalue weighted by Crippen LogP contribution is -2.53. The first kappa shape index (κ1) is 10.5. The lowest BCUT2D eigenvalue weighted by Gasteiger charge is -2.41. The number of carbonyl (C=O) groups is 1. The molecule has 1 aliphatic rings. The molecule has 0 spiro atoms. The van der Waals surface area contributed by atoms with Crippen molar-refractivity contribution < 1.29 is 9.53 Å². The highest BCUT2D eigenvalue weighted by Gasteiger charge is 2.36. The standard InChI is InChI=1S/C12H12N2O2/c1-16-12(15)11-6-7-14(11)10-5-3-2-4-9(10)8-13/h2-5,11H,6-7H2,1H3. The number of hydrogen-bond acceptors (Lipinski definition) is 4. The van der Waals surface area contributed by atoms with Crippen molar-refractivity contribution in [3.05, 3.63) is 29.8 Å². The van der Waals surface area contributed by atoms with Gasteiger partial charge in [-0.2, -0.15) is 5.26 Å². The maximum absolute atomic E-state index is 11.4. The number of hydrogen-bond donors (Lipinski definition) is 0. The van der Waals surface area contributed by atoms with E-state index < -0.39 is 0 Å². The van der Waals surface area contributed by atoms with Crippen LogP contribution in [0.3, 0.4) is 0 Å². The minimum Gasteiger partial charge on any atom is -0.467 e. The van der Waals surface area contributed by atoms with Gasteiger partial charge in [0.2, 0.25) is 0 Å². The average Bonchev–Trinajstić information content (AvgIpc) is 2.28. The Morgan fingerprint density at radius 1 is 1.56 bits per heavy atom. The van der Waals surface area contributed by atoms with Crippen molar-refractivity contribution in [1.82, 2.24) is 0 Å². The molecule has 1 atom stereocenters. The van der Waals surface area contributed by atoms with E-state index in [2.05, 4.69) is 6.07 Å². The number of anilines is 1. The molecule has 0 saturated carbocycles. The van der Waals surface area contributed by atoms with Crippen molar-refractivity contribution in [3.8, 4) is 6.07 Å². The summed E-state index contributed by atoms with van der Waals surface area (Å²) in [4.78, 5) is 13.3. The summed E-state index contributed by atoms with van der Waals surface area (Å²) in [6, 6.07) is 9.18. The third-order valence-corrected chi connectivity index (χ3v) is 2.83. The van der Waals surface area contributed by atoms with Gasteiger partial charge in [0.15, 0.2) is 0 Å². The first-order valence-corrected chi connectivity index (χ1v) is 5.11. The van der Waals surface area contributed by atoms with Crippen molar-refractivity contribution in [1.29, 1.82) is 5.26 Å². The molecule has 1 aliphatic heterocycles. The van der Waals surface area contributed by atoms with E-state index >= 15 is 0 Å². The molecule has 4 heteroatoms. The minimum atomic E-state index is -0.237. The fraction of sp³-hybridized carbons (Fsp3) is 0.333. The Labute approximate surface area is 94.0 Å². The van der Waals surface area contributed by atoms with Crippen LogP contribution in [0.5, 0.6) is 0 Å². The van der Waals surface area contributed by atoms with Crippen LogP contribution in [0.4, 0.5) is 5.69 Å². The summed E-state index contributed by atoms with van der Waals surface area (Å²) in [5.41, 5.74) is 1.41. The first-order valence-electron chi connectivity index (χ1n) is 5.11. The molecule has 0 bridgehead atoms. The fourth-order valence-electron chi connectivity index (χ4n) is 1.88. The highest BCUT2D eigenvalue weighted by molar-refractivity contribution is 5.83. The Morgan fingerprint density at radius 2 is 2.31 bits per heavy atom. The van der Waals surface area contributed by atoms with Crippen molar-refractivity contribution >= 4 is 11.7 Å². The summed E-state index contributed by atoms with van der Waals surface area (Å²) in [6.45, 7) is 0.790. The molecule has 4 nitrogen and oxygen atoms in total. The van der Waals surface area contributed by atoms with Gasteiger partial charge < -0.3 is 9.64 Å². The summed E-state index contributed by atoms with van der Waals surface area (Å²) >= 11 is 0. The van der Waals surface area contributed by atoms with Gasteiger partial charge in [0.1, 0.15) is 12.1 Å². The maximum Gasteiger partial charge on any atom is 0.328 e. The van der Waals surface area contributed by atoms with Crippen LogP contribution in [0, 0.1) is 11.3 Å². The van der Waals surface area contributed by atoms with E-state index in [4.69, 9.17) is 10.00 Å². The van der Waals surface area contributed by atoms with Crippen LogP contribution in [0.25, 0.3) is 0 Å². The van der Waals surface area contributed by atoms with Crippen LogP contribution >= 0.6 is 0 Å². The summed E-state index contributed by atoms with van der Waals surface area (Å²) in [6.07, 6.45) is 0.784. The topological polar surface area (TPSA) is 53.3 Å². The molecule has 0 aromatic heterocycles. The van der Waals surface area contributed by atoms with Crippen LogP contribution in [0.15, 0.2) is 24.3 Å². The molecule has 1 saturated heterocycles. The summed E-state index contributed by atoms with van der Waals surface area (Å²) in [7, 11) is 1.38. The van der Waals surface area contributed by atoms with E-state index in [1.807, 2.05) is 23.1 Å². The number of rotatable bonds is 2. The van der Waals surface area contributed by atoms with Gasteiger partial charge in [-0.1, -0.05) is 12.1 Å². The number of ether oxygens (including phenoxy) is 1. The molecule has 1 fully saturated rings. The maximum atomic E-state index is 11.4. The normalized spacial score (nSPS) is 18.5. The molecular formula is C12H12N2O2. The Morgan fingerprint density at radius 3 is 2.88 bits per heavy atom. The molecule has 1 heterocycles. The number of nitriles is 1. The number of esters is 1. The zero-order valence-corrected chi connectivity index (χ0v) is 9.01. The van der Waals surface area contributed by atoms with E-state index in [0.29, 0.717) is 5.56 Å².